The van der Waals surface area contributed by atoms with Crippen molar-refractivity contribution in [3.63, 3.8) is 0 Å². The van der Waals surface area contributed by atoms with Gasteiger partial charge in [-0.15, -0.1) is 0 Å². The molecule has 0 N–H and O–H groups in total. The number of rotatable bonds is 4. The second-order valence-corrected chi connectivity index (χ2v) is 5.74. The van der Waals surface area contributed by atoms with E-state index in [1.165, 1.54) is 0 Å². The molecule has 2 aromatic carbocycles. The van der Waals surface area contributed by atoms with Gasteiger partial charge in [0.2, 0.25) is 6.04 Å². The SMILES string of the molecule is O=CC1=CC[C@@H](c2ccccc2)[C@H]([N+](=O)[O-])[C@H]1c1ccccc1. The van der Waals surface area contributed by atoms with Crippen molar-refractivity contribution in [3.8, 4) is 0 Å². The summed E-state index contributed by atoms with van der Waals surface area (Å²) in [5.74, 6) is -0.747. The van der Waals surface area contributed by atoms with Crippen LogP contribution in [-0.4, -0.2) is 17.3 Å². The Labute approximate surface area is 134 Å². The van der Waals surface area contributed by atoms with Gasteiger partial charge in [-0.05, 0) is 17.5 Å². The average Bonchev–Trinajstić information content (AvgIpc) is 2.61. The molecule has 0 radical (unpaired) electrons. The maximum atomic E-state index is 11.8. The molecule has 0 amide bonds. The number of hydrogen-bond donors (Lipinski definition) is 0. The Bertz CT molecular complexity index is 725. The van der Waals surface area contributed by atoms with Crippen LogP contribution in [0, 0.1) is 10.1 Å². The molecule has 0 unspecified atom stereocenters. The minimum absolute atomic E-state index is 0.230. The smallest absolute Gasteiger partial charge is 0.231 e. The maximum Gasteiger partial charge on any atom is 0.231 e. The molecule has 0 bridgehead atoms. The number of nitro groups is 1. The minimum Gasteiger partial charge on any atom is -0.298 e. The van der Waals surface area contributed by atoms with Crippen LogP contribution in [0.5, 0.6) is 0 Å². The summed E-state index contributed by atoms with van der Waals surface area (Å²) in [6.45, 7) is 0. The molecule has 1 aliphatic carbocycles. The van der Waals surface area contributed by atoms with Gasteiger partial charge >= 0.3 is 0 Å². The summed E-state index contributed by atoms with van der Waals surface area (Å²) in [7, 11) is 0. The lowest BCUT2D eigenvalue weighted by Crippen LogP contribution is -2.37. The predicted molar refractivity (Wildman–Crippen MR) is 87.9 cm³/mol. The van der Waals surface area contributed by atoms with Gasteiger partial charge in [-0.2, -0.15) is 0 Å². The molecule has 0 saturated heterocycles. The van der Waals surface area contributed by atoms with E-state index in [-0.39, 0.29) is 10.8 Å². The molecule has 0 fully saturated rings. The summed E-state index contributed by atoms with van der Waals surface area (Å²) in [5, 5.41) is 11.8. The van der Waals surface area contributed by atoms with Crippen molar-refractivity contribution in [2.75, 3.05) is 0 Å². The molecule has 0 heterocycles. The van der Waals surface area contributed by atoms with Crippen LogP contribution in [-0.2, 0) is 4.79 Å². The number of nitrogens with zero attached hydrogens (tertiary/aromatic N) is 1. The third kappa shape index (κ3) is 2.93. The van der Waals surface area contributed by atoms with Crippen LogP contribution in [0.1, 0.15) is 29.4 Å². The summed E-state index contributed by atoms with van der Waals surface area (Å²) in [6.07, 6.45) is 3.12. The molecule has 0 spiro atoms. The highest BCUT2D eigenvalue weighted by molar-refractivity contribution is 5.77. The van der Waals surface area contributed by atoms with Crippen LogP contribution in [0.3, 0.4) is 0 Å². The second-order valence-electron chi connectivity index (χ2n) is 5.74. The Morgan fingerprint density at radius 2 is 1.52 bits per heavy atom. The first-order valence-corrected chi connectivity index (χ1v) is 7.61. The number of carbonyl (C=O) groups excluding carboxylic acids is 1. The summed E-state index contributed by atoms with van der Waals surface area (Å²) in [5.41, 5.74) is 2.26. The first-order valence-electron chi connectivity index (χ1n) is 7.61. The fourth-order valence-electron chi connectivity index (χ4n) is 3.43. The second kappa shape index (κ2) is 6.57. The fourth-order valence-corrected chi connectivity index (χ4v) is 3.43. The maximum absolute atomic E-state index is 11.8. The molecule has 0 aromatic heterocycles. The van der Waals surface area contributed by atoms with Gasteiger partial charge in [0.25, 0.3) is 0 Å². The highest BCUT2D eigenvalue weighted by atomic mass is 16.6. The Hall–Kier alpha value is -2.75. The molecule has 3 rings (SSSR count). The van der Waals surface area contributed by atoms with Crippen LogP contribution in [0.4, 0.5) is 0 Å². The first kappa shape index (κ1) is 15.2. The molecule has 0 aliphatic heterocycles. The third-order valence-electron chi connectivity index (χ3n) is 4.49. The standard InChI is InChI=1S/C19H17NO3/c21-13-16-11-12-17(14-7-3-1-4-8-14)19(20(22)23)18(16)15-9-5-2-6-10-15/h1-11,13,17-19H,12H2/t17-,18-,19-/m0/s1. The molecule has 23 heavy (non-hydrogen) atoms. The van der Waals surface area contributed by atoms with E-state index in [0.29, 0.717) is 12.0 Å². The van der Waals surface area contributed by atoms with Crippen LogP contribution in [0.15, 0.2) is 72.3 Å². The number of carbonyl (C=O) groups is 1. The van der Waals surface area contributed by atoms with E-state index in [1.807, 2.05) is 66.7 Å². The van der Waals surface area contributed by atoms with Gasteiger partial charge in [-0.1, -0.05) is 66.7 Å². The van der Waals surface area contributed by atoms with Gasteiger partial charge in [-0.25, -0.2) is 0 Å². The van der Waals surface area contributed by atoms with E-state index in [4.69, 9.17) is 0 Å². The lowest BCUT2D eigenvalue weighted by Gasteiger charge is -2.31. The van der Waals surface area contributed by atoms with E-state index in [2.05, 4.69) is 0 Å². The fraction of sp³-hybridized carbons (Fsp3) is 0.211. The zero-order valence-electron chi connectivity index (χ0n) is 12.5. The summed E-state index contributed by atoms with van der Waals surface area (Å²) < 4.78 is 0. The zero-order chi connectivity index (χ0) is 16.2. The molecule has 3 atom stereocenters. The van der Waals surface area contributed by atoms with Crippen molar-refractivity contribution in [1.29, 1.82) is 0 Å². The van der Waals surface area contributed by atoms with E-state index in [1.54, 1.807) is 0 Å². The number of hydrogen-bond acceptors (Lipinski definition) is 3. The lowest BCUT2D eigenvalue weighted by molar-refractivity contribution is -0.530. The molecule has 4 heteroatoms. The van der Waals surface area contributed by atoms with Gasteiger partial charge < -0.3 is 0 Å². The quantitative estimate of drug-likeness (QED) is 0.491. The van der Waals surface area contributed by atoms with Crippen LogP contribution < -0.4 is 0 Å². The van der Waals surface area contributed by atoms with Gasteiger partial charge in [-0.3, -0.25) is 14.9 Å². The first-order chi connectivity index (χ1) is 11.2. The zero-order valence-corrected chi connectivity index (χ0v) is 12.5. The summed E-state index contributed by atoms with van der Waals surface area (Å²) >= 11 is 0. The van der Waals surface area contributed by atoms with Gasteiger partial charge in [0.05, 0.1) is 11.8 Å². The van der Waals surface area contributed by atoms with Crippen LogP contribution in [0.2, 0.25) is 0 Å². The van der Waals surface area contributed by atoms with Crippen molar-refractivity contribution < 1.29 is 9.72 Å². The summed E-state index contributed by atoms with van der Waals surface area (Å²) in [6, 6.07) is 17.9. The molecule has 4 nitrogen and oxygen atoms in total. The van der Waals surface area contributed by atoms with Crippen molar-refractivity contribution in [3.05, 3.63) is 93.6 Å². The van der Waals surface area contributed by atoms with Gasteiger partial charge in [0, 0.05) is 10.5 Å². The minimum atomic E-state index is -0.843. The Morgan fingerprint density at radius 1 is 0.957 bits per heavy atom. The molecular weight excluding hydrogens is 290 g/mol. The van der Waals surface area contributed by atoms with Crippen LogP contribution in [0.25, 0.3) is 0 Å². The van der Waals surface area contributed by atoms with E-state index in [0.717, 1.165) is 17.4 Å². The lowest BCUT2D eigenvalue weighted by atomic mass is 9.71. The van der Waals surface area contributed by atoms with Crippen molar-refractivity contribution in [2.24, 2.45) is 0 Å². The average molecular weight is 307 g/mol. The number of benzene rings is 2. The Kier molecular flexibility index (Phi) is 4.33. The molecule has 2 aromatic rings. The summed E-state index contributed by atoms with van der Waals surface area (Å²) in [4.78, 5) is 23.1. The Morgan fingerprint density at radius 3 is 2.04 bits per heavy atom. The monoisotopic (exact) mass is 307 g/mol. The predicted octanol–water partition coefficient (Wildman–Crippen LogP) is 3.73. The van der Waals surface area contributed by atoms with E-state index < -0.39 is 12.0 Å². The topological polar surface area (TPSA) is 60.2 Å². The normalized spacial score (nSPS) is 23.8. The van der Waals surface area contributed by atoms with E-state index >= 15 is 0 Å². The van der Waals surface area contributed by atoms with Gasteiger partial charge in [0.1, 0.15) is 6.29 Å². The largest absolute Gasteiger partial charge is 0.298 e. The molecule has 0 saturated carbocycles. The highest BCUT2D eigenvalue weighted by Crippen LogP contribution is 2.42. The van der Waals surface area contributed by atoms with Crippen molar-refractivity contribution >= 4 is 6.29 Å². The van der Waals surface area contributed by atoms with E-state index in [9.17, 15) is 14.9 Å². The number of aldehydes is 1. The van der Waals surface area contributed by atoms with Gasteiger partial charge in [0.15, 0.2) is 0 Å². The van der Waals surface area contributed by atoms with Crippen molar-refractivity contribution in [1.82, 2.24) is 0 Å². The molecular formula is C19H17NO3. The van der Waals surface area contributed by atoms with Crippen molar-refractivity contribution in [2.45, 2.75) is 24.3 Å². The third-order valence-corrected chi connectivity index (χ3v) is 4.49. The highest BCUT2D eigenvalue weighted by Gasteiger charge is 2.44. The molecule has 1 aliphatic rings. The van der Waals surface area contributed by atoms with Crippen LogP contribution >= 0.6 is 0 Å². The molecule has 116 valence electrons. The number of allylic oxidation sites excluding steroid dienone is 1. The Balaban J connectivity index is 2.10.